The Labute approximate surface area is 160 Å². The lowest BCUT2D eigenvalue weighted by Gasteiger charge is -2.34. The van der Waals surface area contributed by atoms with Crippen molar-refractivity contribution in [2.45, 2.75) is 6.54 Å². The molecule has 0 N–H and O–H groups in total. The van der Waals surface area contributed by atoms with Gasteiger partial charge in [-0.2, -0.15) is 5.26 Å². The van der Waals surface area contributed by atoms with Gasteiger partial charge >= 0.3 is 0 Å². The zero-order valence-electron chi connectivity index (χ0n) is 13.7. The van der Waals surface area contributed by atoms with Gasteiger partial charge in [0.15, 0.2) is 0 Å². The lowest BCUT2D eigenvalue weighted by Crippen LogP contribution is -2.47. The fourth-order valence-corrected chi connectivity index (χ4v) is 4.07. The van der Waals surface area contributed by atoms with Crippen molar-refractivity contribution in [2.24, 2.45) is 0 Å². The van der Waals surface area contributed by atoms with Crippen LogP contribution in [-0.2, 0) is 11.3 Å². The van der Waals surface area contributed by atoms with Gasteiger partial charge in [0.1, 0.15) is 0 Å². The number of hydrogen-bond acceptors (Lipinski definition) is 4. The van der Waals surface area contributed by atoms with E-state index in [-0.39, 0.29) is 5.91 Å². The normalized spacial score (nSPS) is 15.4. The molecule has 2 heterocycles. The third kappa shape index (κ3) is 5.02. The fraction of sp³-hybridized carbons (Fsp3) is 0.263. The van der Waals surface area contributed by atoms with Gasteiger partial charge in [0.25, 0.3) is 0 Å². The Morgan fingerprint density at radius 1 is 1.16 bits per heavy atom. The number of nitriles is 1. The van der Waals surface area contributed by atoms with Crippen LogP contribution in [0.1, 0.15) is 16.0 Å². The van der Waals surface area contributed by atoms with Crippen molar-refractivity contribution in [3.05, 3.63) is 62.3 Å². The first-order valence-electron chi connectivity index (χ1n) is 8.08. The Kier molecular flexibility index (Phi) is 6.03. The second-order valence-electron chi connectivity index (χ2n) is 5.89. The first-order valence-corrected chi connectivity index (χ1v) is 9.69. The summed E-state index contributed by atoms with van der Waals surface area (Å²) in [6.45, 7) is 4.07. The quantitative estimate of drug-likeness (QED) is 0.714. The molecule has 1 aromatic heterocycles. The standard InChI is InChI=1S/C19H18BrN3OS/c20-18-7-5-17(25-18)6-8-19(24)23-11-9-22(10-12-23)14-16-3-1-15(13-21)2-4-16/h1-8H,9-12,14H2. The number of amides is 1. The fourth-order valence-electron chi connectivity index (χ4n) is 2.75. The Morgan fingerprint density at radius 2 is 1.88 bits per heavy atom. The molecule has 128 valence electrons. The zero-order valence-corrected chi connectivity index (χ0v) is 16.1. The van der Waals surface area contributed by atoms with Crippen LogP contribution < -0.4 is 0 Å². The molecule has 0 spiro atoms. The highest BCUT2D eigenvalue weighted by molar-refractivity contribution is 9.11. The Bertz CT molecular complexity index is 799. The minimum atomic E-state index is 0.0718. The van der Waals surface area contributed by atoms with Crippen molar-refractivity contribution in [3.63, 3.8) is 0 Å². The van der Waals surface area contributed by atoms with Crippen LogP contribution in [0.15, 0.2) is 46.3 Å². The highest BCUT2D eigenvalue weighted by atomic mass is 79.9. The largest absolute Gasteiger partial charge is 0.337 e. The van der Waals surface area contributed by atoms with Crippen LogP contribution >= 0.6 is 27.3 Å². The average molecular weight is 416 g/mol. The zero-order chi connectivity index (χ0) is 17.6. The maximum atomic E-state index is 12.3. The van der Waals surface area contributed by atoms with Crippen LogP contribution in [0.25, 0.3) is 6.08 Å². The summed E-state index contributed by atoms with van der Waals surface area (Å²) in [4.78, 5) is 17.6. The van der Waals surface area contributed by atoms with Crippen LogP contribution in [-0.4, -0.2) is 41.9 Å². The predicted molar refractivity (Wildman–Crippen MR) is 104 cm³/mol. The van der Waals surface area contributed by atoms with E-state index in [2.05, 4.69) is 26.9 Å². The predicted octanol–water partition coefficient (Wildman–Crippen LogP) is 3.74. The van der Waals surface area contributed by atoms with Gasteiger partial charge in [-0.25, -0.2) is 0 Å². The Hall–Kier alpha value is -1.94. The van der Waals surface area contributed by atoms with Gasteiger partial charge in [-0.3, -0.25) is 9.69 Å². The molecule has 1 saturated heterocycles. The summed E-state index contributed by atoms with van der Waals surface area (Å²) < 4.78 is 1.07. The second kappa shape index (κ2) is 8.43. The third-order valence-electron chi connectivity index (χ3n) is 4.16. The highest BCUT2D eigenvalue weighted by Crippen LogP contribution is 2.23. The molecule has 1 aliphatic heterocycles. The van der Waals surface area contributed by atoms with Gasteiger partial charge in [-0.1, -0.05) is 12.1 Å². The van der Waals surface area contributed by atoms with E-state index in [9.17, 15) is 4.79 Å². The van der Waals surface area contributed by atoms with Gasteiger partial charge in [-0.15, -0.1) is 11.3 Å². The number of piperazine rings is 1. The number of carbonyl (C=O) groups excluding carboxylic acids is 1. The molecule has 25 heavy (non-hydrogen) atoms. The molecule has 3 rings (SSSR count). The summed E-state index contributed by atoms with van der Waals surface area (Å²) >= 11 is 5.04. The van der Waals surface area contributed by atoms with Crippen LogP contribution in [0.2, 0.25) is 0 Å². The first-order chi connectivity index (χ1) is 12.1. The van der Waals surface area contributed by atoms with Gasteiger partial charge in [0.2, 0.25) is 5.91 Å². The lowest BCUT2D eigenvalue weighted by atomic mass is 10.1. The molecule has 1 aliphatic rings. The molecule has 0 bridgehead atoms. The van der Waals surface area contributed by atoms with Crippen molar-refractivity contribution in [1.29, 1.82) is 5.26 Å². The van der Waals surface area contributed by atoms with E-state index < -0.39 is 0 Å². The summed E-state index contributed by atoms with van der Waals surface area (Å²) in [7, 11) is 0. The molecule has 6 heteroatoms. The number of benzene rings is 1. The van der Waals surface area contributed by atoms with Crippen molar-refractivity contribution in [2.75, 3.05) is 26.2 Å². The summed E-state index contributed by atoms with van der Waals surface area (Å²) in [5, 5.41) is 8.84. The molecular formula is C19H18BrN3OS. The summed E-state index contributed by atoms with van der Waals surface area (Å²) in [6.07, 6.45) is 3.54. The smallest absolute Gasteiger partial charge is 0.246 e. The maximum Gasteiger partial charge on any atom is 0.246 e. The molecule has 2 aromatic rings. The molecule has 0 aliphatic carbocycles. The van der Waals surface area contributed by atoms with Crippen LogP contribution in [0.3, 0.4) is 0 Å². The van der Waals surface area contributed by atoms with E-state index >= 15 is 0 Å². The minimum absolute atomic E-state index is 0.0718. The summed E-state index contributed by atoms with van der Waals surface area (Å²) in [5.74, 6) is 0.0718. The van der Waals surface area contributed by atoms with E-state index in [1.165, 1.54) is 5.56 Å². The van der Waals surface area contributed by atoms with Crippen molar-refractivity contribution >= 4 is 39.2 Å². The molecule has 4 nitrogen and oxygen atoms in total. The van der Waals surface area contributed by atoms with Gasteiger partial charge in [-0.05, 0) is 51.8 Å². The van der Waals surface area contributed by atoms with Gasteiger partial charge in [0.05, 0.1) is 15.4 Å². The van der Waals surface area contributed by atoms with Crippen LogP contribution in [0, 0.1) is 11.3 Å². The molecular weight excluding hydrogens is 398 g/mol. The Balaban J connectivity index is 1.48. The number of halogens is 1. The van der Waals surface area contributed by atoms with Gasteiger partial charge in [0, 0.05) is 43.7 Å². The summed E-state index contributed by atoms with van der Waals surface area (Å²) in [5.41, 5.74) is 1.88. The van der Waals surface area contributed by atoms with E-state index in [0.29, 0.717) is 5.56 Å². The number of carbonyl (C=O) groups is 1. The Morgan fingerprint density at radius 3 is 2.48 bits per heavy atom. The highest BCUT2D eigenvalue weighted by Gasteiger charge is 2.19. The third-order valence-corrected chi connectivity index (χ3v) is 5.75. The SMILES string of the molecule is N#Cc1ccc(CN2CCN(C(=O)C=Cc3ccc(Br)s3)CC2)cc1. The van der Waals surface area contributed by atoms with Crippen LogP contribution in [0.5, 0.6) is 0 Å². The number of hydrogen-bond donors (Lipinski definition) is 0. The topological polar surface area (TPSA) is 47.3 Å². The van der Waals surface area contributed by atoms with E-state index in [1.807, 2.05) is 47.4 Å². The van der Waals surface area contributed by atoms with Crippen molar-refractivity contribution in [3.8, 4) is 6.07 Å². The minimum Gasteiger partial charge on any atom is -0.337 e. The lowest BCUT2D eigenvalue weighted by molar-refractivity contribution is -0.127. The van der Waals surface area contributed by atoms with Gasteiger partial charge < -0.3 is 4.90 Å². The molecule has 0 atom stereocenters. The van der Waals surface area contributed by atoms with E-state index in [0.717, 1.165) is 41.4 Å². The number of nitrogens with zero attached hydrogens (tertiary/aromatic N) is 3. The van der Waals surface area contributed by atoms with E-state index in [1.54, 1.807) is 17.4 Å². The molecule has 0 unspecified atom stereocenters. The molecule has 0 radical (unpaired) electrons. The first kappa shape index (κ1) is 17.9. The van der Waals surface area contributed by atoms with Crippen molar-refractivity contribution < 1.29 is 4.79 Å². The monoisotopic (exact) mass is 415 g/mol. The maximum absolute atomic E-state index is 12.3. The molecule has 1 amide bonds. The molecule has 1 fully saturated rings. The number of thiophene rings is 1. The van der Waals surface area contributed by atoms with Crippen molar-refractivity contribution in [1.82, 2.24) is 9.80 Å². The van der Waals surface area contributed by atoms with Crippen LogP contribution in [0.4, 0.5) is 0 Å². The molecule has 0 saturated carbocycles. The summed E-state index contributed by atoms with van der Waals surface area (Å²) in [6, 6.07) is 13.8. The second-order valence-corrected chi connectivity index (χ2v) is 8.38. The van der Waals surface area contributed by atoms with E-state index in [4.69, 9.17) is 5.26 Å². The number of rotatable bonds is 4. The average Bonchev–Trinajstić information content (AvgIpc) is 3.06. The molecule has 1 aromatic carbocycles.